The van der Waals surface area contributed by atoms with Crippen LogP contribution in [0.3, 0.4) is 0 Å². The smallest absolute Gasteiger partial charge is 0.317 e. The number of hydrogen-bond donors (Lipinski definition) is 2. The summed E-state index contributed by atoms with van der Waals surface area (Å²) in [5.41, 5.74) is 1.19. The minimum Gasteiger partial charge on any atom is -0.481 e. The van der Waals surface area contributed by atoms with E-state index in [9.17, 15) is 9.59 Å². The van der Waals surface area contributed by atoms with Crippen LogP contribution in [0.2, 0.25) is 0 Å². The van der Waals surface area contributed by atoms with E-state index in [4.69, 9.17) is 5.11 Å². The van der Waals surface area contributed by atoms with Gasteiger partial charge in [0.15, 0.2) is 0 Å². The van der Waals surface area contributed by atoms with Crippen LogP contribution in [-0.2, 0) is 4.79 Å². The average molecular weight is 398 g/mol. The van der Waals surface area contributed by atoms with Gasteiger partial charge in [0.25, 0.3) is 0 Å². The third-order valence-electron chi connectivity index (χ3n) is 4.32. The van der Waals surface area contributed by atoms with E-state index in [1.807, 2.05) is 12.1 Å². The van der Waals surface area contributed by atoms with Crippen molar-refractivity contribution in [1.29, 1.82) is 0 Å². The third kappa shape index (κ3) is 5.12. The van der Waals surface area contributed by atoms with Crippen LogP contribution in [0.15, 0.2) is 28.7 Å². The molecule has 2 amide bonds. The first-order valence-corrected chi connectivity index (χ1v) is 8.88. The quantitative estimate of drug-likeness (QED) is 0.773. The zero-order valence-electron chi connectivity index (χ0n) is 14.0. The predicted octanol–water partition coefficient (Wildman–Crippen LogP) is 2.64. The summed E-state index contributed by atoms with van der Waals surface area (Å²) < 4.78 is 1.06. The Kier molecular flexibility index (Phi) is 6.48. The summed E-state index contributed by atoms with van der Waals surface area (Å²) in [5.74, 6) is -1.06. The summed E-state index contributed by atoms with van der Waals surface area (Å²) in [7, 11) is 1.62. The summed E-state index contributed by atoms with van der Waals surface area (Å²) in [6, 6.07) is 8.00. The van der Waals surface area contributed by atoms with Crippen molar-refractivity contribution < 1.29 is 14.7 Å². The molecule has 1 aromatic rings. The van der Waals surface area contributed by atoms with Crippen molar-refractivity contribution in [3.8, 4) is 0 Å². The molecule has 24 heavy (non-hydrogen) atoms. The lowest BCUT2D eigenvalue weighted by Crippen LogP contribution is -2.42. The van der Waals surface area contributed by atoms with Gasteiger partial charge in [-0.3, -0.25) is 4.79 Å². The Morgan fingerprint density at radius 1 is 1.50 bits per heavy atom. The number of carboxylic acid groups (broad SMARTS) is 1. The lowest BCUT2D eigenvalue weighted by molar-refractivity contribution is -0.141. The molecule has 6 nitrogen and oxygen atoms in total. The van der Waals surface area contributed by atoms with Crippen molar-refractivity contribution >= 4 is 33.6 Å². The van der Waals surface area contributed by atoms with E-state index in [1.165, 1.54) is 10.6 Å². The minimum atomic E-state index is -0.893. The molecular formula is C17H24BrN3O3. The highest BCUT2D eigenvalue weighted by atomic mass is 79.9. The van der Waals surface area contributed by atoms with Gasteiger partial charge in [-0.1, -0.05) is 28.9 Å². The first-order chi connectivity index (χ1) is 11.4. The molecule has 1 fully saturated rings. The molecule has 0 radical (unpaired) electrons. The number of halogens is 1. The molecule has 7 heteroatoms. The van der Waals surface area contributed by atoms with E-state index < -0.39 is 11.9 Å². The highest BCUT2D eigenvalue weighted by Gasteiger charge is 2.24. The van der Waals surface area contributed by atoms with Gasteiger partial charge in [0.2, 0.25) is 0 Å². The molecule has 2 atom stereocenters. The zero-order chi connectivity index (χ0) is 17.7. The largest absolute Gasteiger partial charge is 0.481 e. The topological polar surface area (TPSA) is 72.9 Å². The zero-order valence-corrected chi connectivity index (χ0v) is 15.6. The first kappa shape index (κ1) is 18.6. The van der Waals surface area contributed by atoms with Gasteiger partial charge in [-0.05, 0) is 30.5 Å². The standard InChI is InChI=1S/C17H24BrN3O3/c1-12(16(22)23)10-20(2)17(24)19-9-13-6-7-21(11-13)15-5-3-4-14(18)8-15/h3-5,8,12-13H,6-7,9-11H2,1-2H3,(H,19,24)(H,22,23). The van der Waals surface area contributed by atoms with E-state index >= 15 is 0 Å². The van der Waals surface area contributed by atoms with E-state index in [0.29, 0.717) is 12.5 Å². The Bertz CT molecular complexity index is 596. The number of aliphatic carboxylic acids is 1. The number of urea groups is 1. The number of carbonyl (C=O) groups excluding carboxylic acids is 1. The van der Waals surface area contributed by atoms with Gasteiger partial charge in [0, 0.05) is 43.4 Å². The SMILES string of the molecule is CC(CN(C)C(=O)NCC1CCN(c2cccc(Br)c2)C1)C(=O)O. The van der Waals surface area contributed by atoms with Crippen LogP contribution in [0, 0.1) is 11.8 Å². The Morgan fingerprint density at radius 3 is 2.92 bits per heavy atom. The van der Waals surface area contributed by atoms with E-state index in [1.54, 1.807) is 14.0 Å². The summed E-state index contributed by atoms with van der Waals surface area (Å²) in [6.07, 6.45) is 1.03. The molecule has 1 aliphatic rings. The maximum Gasteiger partial charge on any atom is 0.317 e. The maximum absolute atomic E-state index is 12.1. The van der Waals surface area contributed by atoms with Crippen molar-refractivity contribution in [2.24, 2.45) is 11.8 Å². The number of anilines is 1. The van der Waals surface area contributed by atoms with Crippen LogP contribution in [0.4, 0.5) is 10.5 Å². The molecule has 0 aromatic heterocycles. The molecule has 0 bridgehead atoms. The number of carboxylic acids is 1. The molecule has 2 N–H and O–H groups in total. The van der Waals surface area contributed by atoms with Gasteiger partial charge in [-0.25, -0.2) is 4.79 Å². The molecule has 1 saturated heterocycles. The second-order valence-electron chi connectivity index (χ2n) is 6.39. The minimum absolute atomic E-state index is 0.204. The molecule has 2 rings (SSSR count). The van der Waals surface area contributed by atoms with E-state index in [-0.39, 0.29) is 12.6 Å². The number of amides is 2. The fourth-order valence-corrected chi connectivity index (χ4v) is 3.23. The van der Waals surface area contributed by atoms with Gasteiger partial charge in [-0.15, -0.1) is 0 Å². The van der Waals surface area contributed by atoms with Gasteiger partial charge < -0.3 is 20.2 Å². The monoisotopic (exact) mass is 397 g/mol. The number of hydrogen-bond acceptors (Lipinski definition) is 3. The Morgan fingerprint density at radius 2 is 2.25 bits per heavy atom. The molecule has 132 valence electrons. The highest BCUT2D eigenvalue weighted by Crippen LogP contribution is 2.25. The number of carbonyl (C=O) groups is 2. The lowest BCUT2D eigenvalue weighted by Gasteiger charge is -2.22. The summed E-state index contributed by atoms with van der Waals surface area (Å²) >= 11 is 3.49. The number of benzene rings is 1. The molecule has 0 aliphatic carbocycles. The fourth-order valence-electron chi connectivity index (χ4n) is 2.85. The number of nitrogens with zero attached hydrogens (tertiary/aromatic N) is 2. The molecule has 1 aromatic carbocycles. The van der Waals surface area contributed by atoms with Crippen LogP contribution in [0.1, 0.15) is 13.3 Å². The second-order valence-corrected chi connectivity index (χ2v) is 7.30. The van der Waals surface area contributed by atoms with Gasteiger partial charge in [0.1, 0.15) is 0 Å². The molecule has 1 aliphatic heterocycles. The maximum atomic E-state index is 12.1. The first-order valence-electron chi connectivity index (χ1n) is 8.09. The van der Waals surface area contributed by atoms with Crippen LogP contribution in [0.25, 0.3) is 0 Å². The summed E-state index contributed by atoms with van der Waals surface area (Å²) in [4.78, 5) is 26.7. The van der Waals surface area contributed by atoms with Crippen molar-refractivity contribution in [3.05, 3.63) is 28.7 Å². The van der Waals surface area contributed by atoms with Crippen molar-refractivity contribution in [1.82, 2.24) is 10.2 Å². The van der Waals surface area contributed by atoms with Crippen molar-refractivity contribution in [2.75, 3.05) is 38.1 Å². The van der Waals surface area contributed by atoms with Crippen LogP contribution < -0.4 is 10.2 Å². The normalized spacial score (nSPS) is 18.3. The number of nitrogens with one attached hydrogen (secondary N) is 1. The molecule has 2 unspecified atom stereocenters. The molecular weight excluding hydrogens is 374 g/mol. The Balaban J connectivity index is 1.77. The lowest BCUT2D eigenvalue weighted by atomic mass is 10.1. The van der Waals surface area contributed by atoms with Crippen LogP contribution in [-0.4, -0.2) is 55.2 Å². The molecule has 0 spiro atoms. The van der Waals surface area contributed by atoms with E-state index in [0.717, 1.165) is 24.0 Å². The molecule has 1 heterocycles. The van der Waals surface area contributed by atoms with Crippen LogP contribution in [0.5, 0.6) is 0 Å². The number of rotatable bonds is 6. The fraction of sp³-hybridized carbons (Fsp3) is 0.529. The predicted molar refractivity (Wildman–Crippen MR) is 97.3 cm³/mol. The Hall–Kier alpha value is -1.76. The van der Waals surface area contributed by atoms with Gasteiger partial charge in [-0.2, -0.15) is 0 Å². The Labute approximate surface area is 150 Å². The third-order valence-corrected chi connectivity index (χ3v) is 4.81. The average Bonchev–Trinajstić information content (AvgIpc) is 3.01. The highest BCUT2D eigenvalue weighted by molar-refractivity contribution is 9.10. The molecule has 0 saturated carbocycles. The summed E-state index contributed by atoms with van der Waals surface area (Å²) in [5, 5.41) is 11.8. The summed E-state index contributed by atoms with van der Waals surface area (Å²) in [6.45, 7) is 4.29. The van der Waals surface area contributed by atoms with E-state index in [2.05, 4.69) is 38.3 Å². The van der Waals surface area contributed by atoms with Crippen LogP contribution >= 0.6 is 15.9 Å². The van der Waals surface area contributed by atoms with Crippen molar-refractivity contribution in [2.45, 2.75) is 13.3 Å². The van der Waals surface area contributed by atoms with Crippen molar-refractivity contribution in [3.63, 3.8) is 0 Å². The van der Waals surface area contributed by atoms with Gasteiger partial charge >= 0.3 is 12.0 Å². The van der Waals surface area contributed by atoms with Gasteiger partial charge in [0.05, 0.1) is 5.92 Å². The second kappa shape index (κ2) is 8.37.